The molecule has 0 saturated carbocycles. The predicted octanol–water partition coefficient (Wildman–Crippen LogP) is 1.46. The van der Waals surface area contributed by atoms with Gasteiger partial charge >= 0.3 is 0 Å². The number of nitrogens with zero attached hydrogens (tertiary/aromatic N) is 1. The molecule has 1 rings (SSSR count). The highest BCUT2D eigenvalue weighted by molar-refractivity contribution is 5.95. The highest BCUT2D eigenvalue weighted by Gasteiger charge is 2.02. The van der Waals surface area contributed by atoms with Gasteiger partial charge < -0.3 is 10.5 Å². The van der Waals surface area contributed by atoms with Crippen molar-refractivity contribution < 1.29 is 4.74 Å². The van der Waals surface area contributed by atoms with Crippen molar-refractivity contribution in [3.05, 3.63) is 23.4 Å². The van der Waals surface area contributed by atoms with Gasteiger partial charge in [0.2, 0.25) is 5.88 Å². The maximum Gasteiger partial charge on any atom is 0.214 e. The molecule has 1 heterocycles. The minimum atomic E-state index is 0.0387. The van der Waals surface area contributed by atoms with E-state index < -0.39 is 0 Å². The van der Waals surface area contributed by atoms with Gasteiger partial charge in [0.15, 0.2) is 0 Å². The molecule has 1 aromatic rings. The quantitative estimate of drug-likeness (QED) is 0.561. The van der Waals surface area contributed by atoms with Crippen LogP contribution in [0.2, 0.25) is 0 Å². The number of rotatable bonds is 4. The fraction of sp³-hybridized carbons (Fsp3) is 0.400. The van der Waals surface area contributed by atoms with Gasteiger partial charge in [-0.2, -0.15) is 0 Å². The van der Waals surface area contributed by atoms with Crippen molar-refractivity contribution >= 4 is 5.84 Å². The number of nitrogen functional groups attached to an aromatic ring is 1. The summed E-state index contributed by atoms with van der Waals surface area (Å²) in [5.41, 5.74) is 6.85. The molecule has 0 saturated heterocycles. The molecule has 0 spiro atoms. The first-order valence-electron chi connectivity index (χ1n) is 4.59. The molecule has 0 bridgehead atoms. The van der Waals surface area contributed by atoms with E-state index in [1.54, 1.807) is 12.1 Å². The highest BCUT2D eigenvalue weighted by Crippen LogP contribution is 2.12. The third kappa shape index (κ3) is 2.73. The van der Waals surface area contributed by atoms with E-state index >= 15 is 0 Å². The maximum absolute atomic E-state index is 7.30. The zero-order valence-corrected chi connectivity index (χ0v) is 8.50. The molecule has 0 unspecified atom stereocenters. The summed E-state index contributed by atoms with van der Waals surface area (Å²) in [4.78, 5) is 4.18. The van der Waals surface area contributed by atoms with Crippen LogP contribution >= 0.6 is 0 Å². The molecule has 0 aliphatic heterocycles. The van der Waals surface area contributed by atoms with Gasteiger partial charge in [-0.3, -0.25) is 5.41 Å². The fourth-order valence-corrected chi connectivity index (χ4v) is 1.07. The Hall–Kier alpha value is -1.58. The van der Waals surface area contributed by atoms with Gasteiger partial charge in [-0.15, -0.1) is 0 Å². The lowest BCUT2D eigenvalue weighted by Crippen LogP contribution is -2.12. The second kappa shape index (κ2) is 4.60. The van der Waals surface area contributed by atoms with Crippen molar-refractivity contribution in [1.29, 1.82) is 5.41 Å². The van der Waals surface area contributed by atoms with Gasteiger partial charge in [-0.05, 0) is 19.4 Å². The molecule has 0 aliphatic carbocycles. The summed E-state index contributed by atoms with van der Waals surface area (Å²) < 4.78 is 5.36. The standard InChI is InChI=1S/C10H15N3O/c1-3-4-14-9-6-8(10(11)12)5-7(2)13-9/h5-6H,3-4H2,1-2H3,(H3,11,12). The van der Waals surface area contributed by atoms with Crippen LogP contribution in [0.3, 0.4) is 0 Å². The lowest BCUT2D eigenvalue weighted by molar-refractivity contribution is 0.304. The normalized spacial score (nSPS) is 9.86. The SMILES string of the molecule is CCCOc1cc(C(=N)N)cc(C)n1. The molecule has 1 aromatic heterocycles. The lowest BCUT2D eigenvalue weighted by Gasteiger charge is -2.06. The van der Waals surface area contributed by atoms with E-state index in [4.69, 9.17) is 15.9 Å². The average molecular weight is 193 g/mol. The summed E-state index contributed by atoms with van der Waals surface area (Å²) in [7, 11) is 0. The van der Waals surface area contributed by atoms with E-state index in [2.05, 4.69) is 4.98 Å². The van der Waals surface area contributed by atoms with Crippen LogP contribution in [0.4, 0.5) is 0 Å². The molecular weight excluding hydrogens is 178 g/mol. The zero-order valence-electron chi connectivity index (χ0n) is 8.50. The molecular formula is C10H15N3O. The number of ether oxygens (including phenoxy) is 1. The van der Waals surface area contributed by atoms with Crippen LogP contribution in [0.25, 0.3) is 0 Å². The van der Waals surface area contributed by atoms with E-state index in [9.17, 15) is 0 Å². The topological polar surface area (TPSA) is 72.0 Å². The van der Waals surface area contributed by atoms with Gasteiger partial charge in [0.05, 0.1) is 6.61 Å². The second-order valence-corrected chi connectivity index (χ2v) is 3.10. The molecule has 14 heavy (non-hydrogen) atoms. The molecule has 0 fully saturated rings. The van der Waals surface area contributed by atoms with Crippen LogP contribution in [-0.2, 0) is 0 Å². The Morgan fingerprint density at radius 2 is 2.29 bits per heavy atom. The predicted molar refractivity (Wildman–Crippen MR) is 55.8 cm³/mol. The van der Waals surface area contributed by atoms with Crippen molar-refractivity contribution in [2.75, 3.05) is 6.61 Å². The summed E-state index contributed by atoms with van der Waals surface area (Å²) in [6.45, 7) is 4.51. The van der Waals surface area contributed by atoms with Crippen LogP contribution in [-0.4, -0.2) is 17.4 Å². The molecule has 0 radical (unpaired) electrons. The number of amidine groups is 1. The summed E-state index contributed by atoms with van der Waals surface area (Å²) in [6, 6.07) is 3.45. The zero-order chi connectivity index (χ0) is 10.6. The number of nitrogens with one attached hydrogen (secondary N) is 1. The van der Waals surface area contributed by atoms with Crippen LogP contribution in [0, 0.1) is 12.3 Å². The summed E-state index contributed by atoms with van der Waals surface area (Å²) in [6.07, 6.45) is 0.936. The molecule has 4 heteroatoms. The van der Waals surface area contributed by atoms with Crippen LogP contribution in [0.1, 0.15) is 24.6 Å². The molecule has 4 nitrogen and oxygen atoms in total. The third-order valence-corrected chi connectivity index (χ3v) is 1.69. The third-order valence-electron chi connectivity index (χ3n) is 1.69. The number of hydrogen-bond donors (Lipinski definition) is 2. The first-order valence-corrected chi connectivity index (χ1v) is 4.59. The largest absolute Gasteiger partial charge is 0.478 e. The van der Waals surface area contributed by atoms with Gasteiger partial charge in [0, 0.05) is 17.3 Å². The number of aryl methyl sites for hydroxylation is 1. The van der Waals surface area contributed by atoms with Crippen molar-refractivity contribution in [3.63, 3.8) is 0 Å². The summed E-state index contributed by atoms with van der Waals surface area (Å²) in [5, 5.41) is 7.30. The van der Waals surface area contributed by atoms with Crippen molar-refractivity contribution in [3.8, 4) is 5.88 Å². The Morgan fingerprint density at radius 1 is 1.57 bits per heavy atom. The van der Waals surface area contributed by atoms with Gasteiger partial charge in [0.25, 0.3) is 0 Å². The molecule has 76 valence electrons. The van der Waals surface area contributed by atoms with Crippen molar-refractivity contribution in [1.82, 2.24) is 4.98 Å². The number of pyridine rings is 1. The molecule has 3 N–H and O–H groups in total. The van der Waals surface area contributed by atoms with E-state index in [0.717, 1.165) is 12.1 Å². The Morgan fingerprint density at radius 3 is 2.86 bits per heavy atom. The minimum Gasteiger partial charge on any atom is -0.478 e. The first kappa shape index (κ1) is 10.5. The lowest BCUT2D eigenvalue weighted by atomic mass is 10.2. The Balaban J connectivity index is 2.89. The summed E-state index contributed by atoms with van der Waals surface area (Å²) in [5.74, 6) is 0.578. The van der Waals surface area contributed by atoms with E-state index in [1.807, 2.05) is 13.8 Å². The van der Waals surface area contributed by atoms with E-state index in [1.165, 1.54) is 0 Å². The Bertz CT molecular complexity index is 336. The van der Waals surface area contributed by atoms with Crippen LogP contribution in [0.15, 0.2) is 12.1 Å². The average Bonchev–Trinajstić information content (AvgIpc) is 2.14. The summed E-state index contributed by atoms with van der Waals surface area (Å²) >= 11 is 0. The Labute approximate surface area is 83.6 Å². The van der Waals surface area contributed by atoms with Gasteiger partial charge in [0.1, 0.15) is 5.84 Å². The maximum atomic E-state index is 7.30. The van der Waals surface area contributed by atoms with Gasteiger partial charge in [-0.1, -0.05) is 6.92 Å². The van der Waals surface area contributed by atoms with Crippen molar-refractivity contribution in [2.24, 2.45) is 5.73 Å². The van der Waals surface area contributed by atoms with Crippen molar-refractivity contribution in [2.45, 2.75) is 20.3 Å². The number of aromatic nitrogens is 1. The van der Waals surface area contributed by atoms with Crippen LogP contribution in [0.5, 0.6) is 5.88 Å². The number of hydrogen-bond acceptors (Lipinski definition) is 3. The van der Waals surface area contributed by atoms with Gasteiger partial charge in [-0.25, -0.2) is 4.98 Å². The molecule has 0 aromatic carbocycles. The Kier molecular flexibility index (Phi) is 3.45. The minimum absolute atomic E-state index is 0.0387. The molecule has 0 atom stereocenters. The van der Waals surface area contributed by atoms with E-state index in [-0.39, 0.29) is 5.84 Å². The van der Waals surface area contributed by atoms with Crippen LogP contribution < -0.4 is 10.5 Å². The molecule has 0 aliphatic rings. The number of nitrogens with two attached hydrogens (primary N) is 1. The highest BCUT2D eigenvalue weighted by atomic mass is 16.5. The first-order chi connectivity index (χ1) is 6.63. The fourth-order valence-electron chi connectivity index (χ4n) is 1.07. The second-order valence-electron chi connectivity index (χ2n) is 3.10. The molecule has 0 amide bonds. The van der Waals surface area contributed by atoms with E-state index in [0.29, 0.717) is 18.1 Å². The monoisotopic (exact) mass is 193 g/mol. The smallest absolute Gasteiger partial charge is 0.214 e.